The van der Waals surface area contributed by atoms with E-state index in [2.05, 4.69) is 15.9 Å². The van der Waals surface area contributed by atoms with Crippen LogP contribution in [0.5, 0.6) is 0 Å². The van der Waals surface area contributed by atoms with Crippen molar-refractivity contribution in [3.05, 3.63) is 22.7 Å². The number of hydrogen-bond donors (Lipinski definition) is 1. The smallest absolute Gasteiger partial charge is 0.347 e. The van der Waals surface area contributed by atoms with E-state index in [0.717, 1.165) is 4.48 Å². The molecule has 0 saturated carbocycles. The lowest BCUT2D eigenvalue weighted by Gasteiger charge is -2.27. The number of nitrogens with one attached hydrogen (secondary N) is 1. The molecule has 0 heterocycles. The highest BCUT2D eigenvalue weighted by Crippen LogP contribution is 2.30. The van der Waals surface area contributed by atoms with Gasteiger partial charge in [0.25, 0.3) is 0 Å². The molecule has 0 bridgehead atoms. The van der Waals surface area contributed by atoms with Crippen molar-refractivity contribution in [2.45, 2.75) is 19.5 Å². The quantitative estimate of drug-likeness (QED) is 0.834. The third kappa shape index (κ3) is 3.66. The Hall–Kier alpha value is -0.780. The van der Waals surface area contributed by atoms with Crippen LogP contribution in [0.3, 0.4) is 0 Å². The molecule has 0 aromatic carbocycles. The van der Waals surface area contributed by atoms with Crippen molar-refractivity contribution in [1.82, 2.24) is 5.32 Å². The summed E-state index contributed by atoms with van der Waals surface area (Å²) in [7, 11) is 0. The molecule has 1 atom stereocenters. The molecule has 0 aromatic heterocycles. The number of alkyl halides is 3. The maximum atomic E-state index is 11.9. The molecule has 0 aliphatic heterocycles. The zero-order chi connectivity index (χ0) is 12.4. The number of amides is 1. The highest BCUT2D eigenvalue weighted by molar-refractivity contribution is 9.11. The Bertz CT molecular complexity index is 348. The summed E-state index contributed by atoms with van der Waals surface area (Å²) in [5.74, 6) is -1.89. The summed E-state index contributed by atoms with van der Waals surface area (Å²) in [6.07, 6.45) is 1.18. The van der Waals surface area contributed by atoms with Crippen LogP contribution in [0.25, 0.3) is 0 Å². The first-order valence-electron chi connectivity index (χ1n) is 4.63. The van der Waals surface area contributed by atoms with Crippen LogP contribution in [0.1, 0.15) is 13.3 Å². The van der Waals surface area contributed by atoms with Crippen LogP contribution >= 0.6 is 15.9 Å². The molecule has 1 aliphatic carbocycles. The van der Waals surface area contributed by atoms with Crippen molar-refractivity contribution in [1.29, 1.82) is 0 Å². The Balaban J connectivity index is 2.51. The van der Waals surface area contributed by atoms with E-state index in [1.807, 2.05) is 11.4 Å². The minimum absolute atomic E-state index is 0.0291. The second kappa shape index (κ2) is 4.61. The summed E-state index contributed by atoms with van der Waals surface area (Å²) >= 11 is 3.26. The molecular formula is C10H11BrF3NO. The third-order valence-electron chi connectivity index (χ3n) is 2.32. The zero-order valence-electron chi connectivity index (χ0n) is 8.57. The van der Waals surface area contributed by atoms with Crippen molar-refractivity contribution in [2.75, 3.05) is 6.54 Å². The first-order chi connectivity index (χ1) is 7.23. The summed E-state index contributed by atoms with van der Waals surface area (Å²) < 4.78 is 36.7. The SMILES string of the molecule is C[C@]1(CNC(=O)C(F)(F)F)C=CC(Br)=CC1. The molecule has 0 radical (unpaired) electrons. The molecule has 1 N–H and O–H groups in total. The Kier molecular flexibility index (Phi) is 3.83. The van der Waals surface area contributed by atoms with Crippen LogP contribution in [0, 0.1) is 5.41 Å². The lowest BCUT2D eigenvalue weighted by Crippen LogP contribution is -2.42. The van der Waals surface area contributed by atoms with Crippen molar-refractivity contribution in [3.63, 3.8) is 0 Å². The normalized spacial score (nSPS) is 25.2. The third-order valence-corrected chi connectivity index (χ3v) is 2.91. The fourth-order valence-corrected chi connectivity index (χ4v) is 1.56. The van der Waals surface area contributed by atoms with Crippen LogP contribution in [0.2, 0.25) is 0 Å². The first kappa shape index (κ1) is 13.3. The largest absolute Gasteiger partial charge is 0.471 e. The van der Waals surface area contributed by atoms with Crippen LogP contribution in [0.15, 0.2) is 22.7 Å². The first-order valence-corrected chi connectivity index (χ1v) is 5.42. The van der Waals surface area contributed by atoms with Gasteiger partial charge >= 0.3 is 12.1 Å². The Morgan fingerprint density at radius 2 is 2.25 bits per heavy atom. The van der Waals surface area contributed by atoms with Gasteiger partial charge in [-0.15, -0.1) is 0 Å². The summed E-state index contributed by atoms with van der Waals surface area (Å²) in [6.45, 7) is 1.76. The van der Waals surface area contributed by atoms with Crippen LogP contribution in [-0.2, 0) is 4.79 Å². The predicted molar refractivity (Wildman–Crippen MR) is 57.9 cm³/mol. The van der Waals surface area contributed by atoms with E-state index < -0.39 is 17.5 Å². The van der Waals surface area contributed by atoms with E-state index in [1.54, 1.807) is 19.1 Å². The topological polar surface area (TPSA) is 29.1 Å². The summed E-state index contributed by atoms with van der Waals surface area (Å²) in [5.41, 5.74) is -0.460. The molecule has 6 heteroatoms. The molecule has 90 valence electrons. The fourth-order valence-electron chi connectivity index (χ4n) is 1.26. The van der Waals surface area contributed by atoms with Gasteiger partial charge in [0.05, 0.1) is 0 Å². The van der Waals surface area contributed by atoms with Gasteiger partial charge in [-0.25, -0.2) is 0 Å². The van der Waals surface area contributed by atoms with E-state index in [1.165, 1.54) is 0 Å². The van der Waals surface area contributed by atoms with Gasteiger partial charge in [0, 0.05) is 16.4 Å². The number of allylic oxidation sites excluding steroid dienone is 3. The van der Waals surface area contributed by atoms with E-state index >= 15 is 0 Å². The van der Waals surface area contributed by atoms with Gasteiger partial charge in [-0.2, -0.15) is 13.2 Å². The number of hydrogen-bond acceptors (Lipinski definition) is 1. The van der Waals surface area contributed by atoms with E-state index in [0.29, 0.717) is 6.42 Å². The molecule has 0 fully saturated rings. The lowest BCUT2D eigenvalue weighted by atomic mass is 9.84. The molecule has 0 spiro atoms. The van der Waals surface area contributed by atoms with Gasteiger partial charge in [-0.1, -0.05) is 41.1 Å². The minimum Gasteiger partial charge on any atom is -0.347 e. The van der Waals surface area contributed by atoms with Crippen molar-refractivity contribution in [2.24, 2.45) is 5.41 Å². The molecule has 2 nitrogen and oxygen atoms in total. The molecule has 0 aromatic rings. The monoisotopic (exact) mass is 297 g/mol. The average molecular weight is 298 g/mol. The van der Waals surface area contributed by atoms with Gasteiger partial charge in [0.2, 0.25) is 0 Å². The predicted octanol–water partition coefficient (Wildman–Crippen LogP) is 2.91. The van der Waals surface area contributed by atoms with Gasteiger partial charge in [-0.05, 0) is 6.42 Å². The van der Waals surface area contributed by atoms with Crippen molar-refractivity contribution >= 4 is 21.8 Å². The molecule has 1 aliphatic rings. The standard InChI is InChI=1S/C10H11BrF3NO/c1-9(4-2-7(11)3-5-9)6-15-8(16)10(12,13)14/h2-4H,5-6H2,1H3,(H,15,16)/t9-/m0/s1. The zero-order valence-corrected chi connectivity index (χ0v) is 10.2. The summed E-state index contributed by atoms with van der Waals surface area (Å²) in [6, 6.07) is 0. The Morgan fingerprint density at radius 3 is 2.69 bits per heavy atom. The van der Waals surface area contributed by atoms with E-state index in [9.17, 15) is 18.0 Å². The summed E-state index contributed by atoms with van der Waals surface area (Å²) in [5, 5.41) is 1.89. The number of halogens is 4. The van der Waals surface area contributed by atoms with Crippen molar-refractivity contribution < 1.29 is 18.0 Å². The highest BCUT2D eigenvalue weighted by atomic mass is 79.9. The van der Waals surface area contributed by atoms with Crippen LogP contribution in [0.4, 0.5) is 13.2 Å². The second-order valence-electron chi connectivity index (χ2n) is 3.96. The molecular weight excluding hydrogens is 287 g/mol. The number of rotatable bonds is 2. The summed E-state index contributed by atoms with van der Waals surface area (Å²) in [4.78, 5) is 10.6. The molecule has 1 amide bonds. The maximum absolute atomic E-state index is 11.9. The molecule has 0 unspecified atom stereocenters. The molecule has 0 saturated heterocycles. The Morgan fingerprint density at radius 1 is 1.62 bits per heavy atom. The molecule has 1 rings (SSSR count). The van der Waals surface area contributed by atoms with Crippen LogP contribution in [-0.4, -0.2) is 18.6 Å². The number of carbonyl (C=O) groups is 1. The minimum atomic E-state index is -4.81. The molecule has 16 heavy (non-hydrogen) atoms. The maximum Gasteiger partial charge on any atom is 0.471 e. The highest BCUT2D eigenvalue weighted by Gasteiger charge is 2.39. The van der Waals surface area contributed by atoms with E-state index in [4.69, 9.17) is 0 Å². The average Bonchev–Trinajstić information content (AvgIpc) is 2.18. The van der Waals surface area contributed by atoms with Gasteiger partial charge < -0.3 is 5.32 Å². The lowest BCUT2D eigenvalue weighted by molar-refractivity contribution is -0.173. The van der Waals surface area contributed by atoms with E-state index in [-0.39, 0.29) is 6.54 Å². The van der Waals surface area contributed by atoms with Crippen molar-refractivity contribution in [3.8, 4) is 0 Å². The number of carbonyl (C=O) groups excluding carboxylic acids is 1. The fraction of sp³-hybridized carbons (Fsp3) is 0.500. The van der Waals surface area contributed by atoms with Gasteiger partial charge in [0.1, 0.15) is 0 Å². The van der Waals surface area contributed by atoms with Gasteiger partial charge in [0.15, 0.2) is 0 Å². The Labute approximate surface area is 99.7 Å². The van der Waals surface area contributed by atoms with Gasteiger partial charge in [-0.3, -0.25) is 4.79 Å². The second-order valence-corrected chi connectivity index (χ2v) is 4.88. The van der Waals surface area contributed by atoms with Crippen LogP contribution < -0.4 is 5.32 Å².